The summed E-state index contributed by atoms with van der Waals surface area (Å²) in [6.45, 7) is -1.78. The first-order chi connectivity index (χ1) is 12.2. The Balaban J connectivity index is 2.15. The molecular formula is C17H25F2N3O3S. The Labute approximate surface area is 152 Å². The highest BCUT2D eigenvalue weighted by atomic mass is 32.2. The maximum atomic E-state index is 13.2. The fraction of sp³-hybridized carbons (Fsp3) is 0.588. The standard InChI is InChI=1S/C17H25F2N3O3S/c1-22(14-7-3-2-4-8-14)26(24,25)15-9-5-6-13(10-15)16(23)21-12-17(18,19)11-20/h5-6,9-10,14H,2-4,7-8,11-12,20H2,1H3,(H,21,23). The molecule has 3 N–H and O–H groups in total. The highest BCUT2D eigenvalue weighted by Crippen LogP contribution is 2.26. The largest absolute Gasteiger partial charge is 0.346 e. The van der Waals surface area contributed by atoms with Gasteiger partial charge >= 0.3 is 0 Å². The predicted octanol–water partition coefficient (Wildman–Crippen LogP) is 1.96. The van der Waals surface area contributed by atoms with Crippen LogP contribution in [0.1, 0.15) is 42.5 Å². The van der Waals surface area contributed by atoms with E-state index in [0.717, 1.165) is 32.1 Å². The number of hydrogen-bond donors (Lipinski definition) is 2. The molecule has 0 spiro atoms. The summed E-state index contributed by atoms with van der Waals surface area (Å²) >= 11 is 0. The lowest BCUT2D eigenvalue weighted by Gasteiger charge is -2.30. The molecule has 1 fully saturated rings. The summed E-state index contributed by atoms with van der Waals surface area (Å²) in [7, 11) is -2.22. The number of alkyl halides is 2. The quantitative estimate of drug-likeness (QED) is 0.746. The maximum Gasteiger partial charge on any atom is 0.277 e. The lowest BCUT2D eigenvalue weighted by atomic mass is 9.96. The van der Waals surface area contributed by atoms with Crippen LogP contribution in [-0.2, 0) is 10.0 Å². The molecule has 1 amide bonds. The third kappa shape index (κ3) is 4.99. The minimum Gasteiger partial charge on any atom is -0.346 e. The van der Waals surface area contributed by atoms with E-state index in [0.29, 0.717) is 0 Å². The Kier molecular flexibility index (Phi) is 6.70. The zero-order chi connectivity index (χ0) is 19.4. The van der Waals surface area contributed by atoms with Gasteiger partial charge in [0.25, 0.3) is 11.8 Å². The number of amides is 1. The monoisotopic (exact) mass is 389 g/mol. The topological polar surface area (TPSA) is 92.5 Å². The first-order valence-electron chi connectivity index (χ1n) is 8.61. The van der Waals surface area contributed by atoms with Crippen molar-refractivity contribution in [3.8, 4) is 0 Å². The molecule has 1 aliphatic rings. The molecular weight excluding hydrogens is 364 g/mol. The Bertz CT molecular complexity index is 735. The average Bonchev–Trinajstić information content (AvgIpc) is 2.66. The van der Waals surface area contributed by atoms with Crippen molar-refractivity contribution < 1.29 is 22.0 Å². The molecule has 1 saturated carbocycles. The van der Waals surface area contributed by atoms with Gasteiger partial charge in [-0.1, -0.05) is 25.3 Å². The van der Waals surface area contributed by atoms with Gasteiger partial charge in [-0.2, -0.15) is 4.31 Å². The zero-order valence-corrected chi connectivity index (χ0v) is 15.6. The van der Waals surface area contributed by atoms with E-state index >= 15 is 0 Å². The molecule has 9 heteroatoms. The highest BCUT2D eigenvalue weighted by molar-refractivity contribution is 7.89. The van der Waals surface area contributed by atoms with Gasteiger partial charge in [-0.15, -0.1) is 0 Å². The molecule has 2 rings (SSSR count). The first-order valence-corrected chi connectivity index (χ1v) is 10.1. The van der Waals surface area contributed by atoms with Crippen molar-refractivity contribution in [1.82, 2.24) is 9.62 Å². The van der Waals surface area contributed by atoms with Gasteiger partial charge < -0.3 is 11.1 Å². The summed E-state index contributed by atoms with van der Waals surface area (Å²) in [6.07, 6.45) is 4.70. The van der Waals surface area contributed by atoms with Gasteiger partial charge in [-0.25, -0.2) is 17.2 Å². The number of carbonyl (C=O) groups is 1. The number of carbonyl (C=O) groups excluding carboxylic acids is 1. The molecule has 0 aliphatic heterocycles. The van der Waals surface area contributed by atoms with Gasteiger partial charge in [0, 0.05) is 18.7 Å². The van der Waals surface area contributed by atoms with Crippen molar-refractivity contribution in [3.05, 3.63) is 29.8 Å². The van der Waals surface area contributed by atoms with E-state index in [-0.39, 0.29) is 16.5 Å². The van der Waals surface area contributed by atoms with E-state index in [9.17, 15) is 22.0 Å². The van der Waals surface area contributed by atoms with Crippen molar-refractivity contribution >= 4 is 15.9 Å². The molecule has 0 atom stereocenters. The van der Waals surface area contributed by atoms with Crippen LogP contribution in [0.2, 0.25) is 0 Å². The second-order valence-electron chi connectivity index (χ2n) is 6.58. The third-order valence-corrected chi connectivity index (χ3v) is 6.57. The van der Waals surface area contributed by atoms with Gasteiger partial charge in [0.2, 0.25) is 10.0 Å². The van der Waals surface area contributed by atoms with Gasteiger partial charge in [-0.05, 0) is 31.0 Å². The molecule has 146 valence electrons. The number of nitrogens with zero attached hydrogens (tertiary/aromatic N) is 1. The number of sulfonamides is 1. The SMILES string of the molecule is CN(C1CCCCC1)S(=O)(=O)c1cccc(C(=O)NCC(F)(F)CN)c1. The fourth-order valence-corrected chi connectivity index (χ4v) is 4.45. The van der Waals surface area contributed by atoms with E-state index in [4.69, 9.17) is 5.73 Å². The van der Waals surface area contributed by atoms with Crippen LogP contribution in [-0.4, -0.2) is 50.7 Å². The summed E-state index contributed by atoms with van der Waals surface area (Å²) in [5.74, 6) is -3.98. The van der Waals surface area contributed by atoms with Gasteiger partial charge in [0.1, 0.15) is 0 Å². The summed E-state index contributed by atoms with van der Waals surface area (Å²) in [5, 5.41) is 2.08. The molecule has 1 aromatic carbocycles. The van der Waals surface area contributed by atoms with Crippen LogP contribution in [0, 0.1) is 0 Å². The first kappa shape index (κ1) is 20.7. The Morgan fingerprint density at radius 1 is 1.31 bits per heavy atom. The molecule has 0 unspecified atom stereocenters. The Morgan fingerprint density at radius 3 is 2.58 bits per heavy atom. The number of nitrogens with two attached hydrogens (primary N) is 1. The van der Waals surface area contributed by atoms with Crippen molar-refractivity contribution in [2.75, 3.05) is 20.1 Å². The molecule has 6 nitrogen and oxygen atoms in total. The second kappa shape index (κ2) is 8.41. The van der Waals surface area contributed by atoms with Gasteiger partial charge in [-0.3, -0.25) is 4.79 Å². The smallest absolute Gasteiger partial charge is 0.277 e. The summed E-state index contributed by atoms with van der Waals surface area (Å²) < 4.78 is 53.3. The summed E-state index contributed by atoms with van der Waals surface area (Å²) in [4.78, 5) is 12.0. The molecule has 0 saturated heterocycles. The lowest BCUT2D eigenvalue weighted by Crippen LogP contribution is -2.41. The van der Waals surface area contributed by atoms with E-state index in [1.165, 1.54) is 28.6 Å². The molecule has 0 radical (unpaired) electrons. The Morgan fingerprint density at radius 2 is 1.96 bits per heavy atom. The minimum absolute atomic E-state index is 0.0101. The van der Waals surface area contributed by atoms with E-state index < -0.39 is 34.9 Å². The number of hydrogen-bond acceptors (Lipinski definition) is 4. The van der Waals surface area contributed by atoms with Crippen LogP contribution in [0.5, 0.6) is 0 Å². The van der Waals surface area contributed by atoms with Crippen LogP contribution >= 0.6 is 0 Å². The van der Waals surface area contributed by atoms with Crippen molar-refractivity contribution in [2.45, 2.75) is 49.0 Å². The van der Waals surface area contributed by atoms with Crippen molar-refractivity contribution in [3.63, 3.8) is 0 Å². The summed E-state index contributed by atoms with van der Waals surface area (Å²) in [6, 6.07) is 5.37. The van der Waals surface area contributed by atoms with Crippen molar-refractivity contribution in [1.29, 1.82) is 0 Å². The van der Waals surface area contributed by atoms with Crippen LogP contribution in [0.4, 0.5) is 8.78 Å². The zero-order valence-electron chi connectivity index (χ0n) is 14.7. The molecule has 26 heavy (non-hydrogen) atoms. The maximum absolute atomic E-state index is 13.2. The van der Waals surface area contributed by atoms with Crippen LogP contribution < -0.4 is 11.1 Å². The van der Waals surface area contributed by atoms with E-state index in [1.807, 2.05) is 0 Å². The summed E-state index contributed by atoms with van der Waals surface area (Å²) in [5.41, 5.74) is 4.94. The number of nitrogens with one attached hydrogen (secondary N) is 1. The molecule has 0 heterocycles. The van der Waals surface area contributed by atoms with Gasteiger partial charge in [0.05, 0.1) is 18.0 Å². The van der Waals surface area contributed by atoms with Crippen LogP contribution in [0.15, 0.2) is 29.2 Å². The third-order valence-electron chi connectivity index (χ3n) is 4.67. The van der Waals surface area contributed by atoms with Crippen LogP contribution in [0.3, 0.4) is 0 Å². The number of rotatable bonds is 7. The normalized spacial score (nSPS) is 16.7. The molecule has 0 bridgehead atoms. The highest BCUT2D eigenvalue weighted by Gasteiger charge is 2.30. The average molecular weight is 389 g/mol. The lowest BCUT2D eigenvalue weighted by molar-refractivity contribution is 0.0118. The van der Waals surface area contributed by atoms with Crippen molar-refractivity contribution in [2.24, 2.45) is 5.73 Å². The number of halogens is 2. The fourth-order valence-electron chi connectivity index (χ4n) is 2.99. The van der Waals surface area contributed by atoms with E-state index in [2.05, 4.69) is 5.32 Å². The minimum atomic E-state index is -3.76. The van der Waals surface area contributed by atoms with Crippen LogP contribution in [0.25, 0.3) is 0 Å². The van der Waals surface area contributed by atoms with E-state index in [1.54, 1.807) is 7.05 Å². The predicted molar refractivity (Wildman–Crippen MR) is 94.6 cm³/mol. The molecule has 1 aliphatic carbocycles. The Hall–Kier alpha value is -1.58. The molecule has 0 aromatic heterocycles. The second-order valence-corrected chi connectivity index (χ2v) is 8.58. The van der Waals surface area contributed by atoms with Gasteiger partial charge in [0.15, 0.2) is 0 Å². The number of benzene rings is 1. The molecule has 1 aromatic rings.